The molecule has 1 aromatic rings. The maximum Gasteiger partial charge on any atom is 0.326 e. The van der Waals surface area contributed by atoms with Crippen LogP contribution in [0.25, 0.3) is 0 Å². The number of carbonyl (C=O) groups excluding carboxylic acids is 1. The first-order valence-electron chi connectivity index (χ1n) is 4.69. The molecule has 16 heavy (non-hydrogen) atoms. The molecule has 3 N–H and O–H groups in total. The van der Waals surface area contributed by atoms with Gasteiger partial charge in [0.25, 0.3) is 0 Å². The van der Waals surface area contributed by atoms with E-state index in [1.165, 1.54) is 11.0 Å². The molecule has 0 unspecified atom stereocenters. The first-order valence-corrected chi connectivity index (χ1v) is 4.69. The van der Waals surface area contributed by atoms with Gasteiger partial charge in [-0.3, -0.25) is 5.32 Å². The van der Waals surface area contributed by atoms with Crippen molar-refractivity contribution in [3.63, 3.8) is 0 Å². The Labute approximate surface area is 91.7 Å². The number of nitrogens with one attached hydrogen (secondary N) is 2. The summed E-state index contributed by atoms with van der Waals surface area (Å²) in [6, 6.07) is -1.53. The van der Waals surface area contributed by atoms with E-state index in [2.05, 4.69) is 20.7 Å². The van der Waals surface area contributed by atoms with E-state index in [-0.39, 0.29) is 5.95 Å². The van der Waals surface area contributed by atoms with Crippen molar-refractivity contribution in [1.82, 2.24) is 20.1 Å². The molecule has 0 aliphatic rings. The van der Waals surface area contributed by atoms with Crippen LogP contribution in [-0.4, -0.2) is 37.9 Å². The predicted octanol–water partition coefficient (Wildman–Crippen LogP) is -0.200. The van der Waals surface area contributed by atoms with Crippen molar-refractivity contribution >= 4 is 17.9 Å². The third kappa shape index (κ3) is 2.94. The number of aryl methyl sites for hydroxylation is 1. The van der Waals surface area contributed by atoms with E-state index >= 15 is 0 Å². The number of aromatic nitrogens is 3. The van der Waals surface area contributed by atoms with Crippen LogP contribution < -0.4 is 10.6 Å². The van der Waals surface area contributed by atoms with E-state index in [4.69, 9.17) is 5.11 Å². The number of anilines is 1. The molecule has 0 saturated heterocycles. The number of aliphatic carboxylic acids is 1. The Morgan fingerprint density at radius 1 is 1.62 bits per heavy atom. The third-order valence-corrected chi connectivity index (χ3v) is 1.95. The zero-order valence-electron chi connectivity index (χ0n) is 8.97. The van der Waals surface area contributed by atoms with Gasteiger partial charge < -0.3 is 10.4 Å². The minimum absolute atomic E-state index is 0.248. The van der Waals surface area contributed by atoms with E-state index in [0.717, 1.165) is 0 Å². The number of nitrogens with zero attached hydrogens (tertiary/aromatic N) is 3. The maximum absolute atomic E-state index is 11.4. The molecule has 0 bridgehead atoms. The van der Waals surface area contributed by atoms with Crippen LogP contribution in [0.4, 0.5) is 10.7 Å². The Bertz CT molecular complexity index is 389. The van der Waals surface area contributed by atoms with Crippen LogP contribution >= 0.6 is 0 Å². The van der Waals surface area contributed by atoms with Crippen molar-refractivity contribution in [2.75, 3.05) is 5.32 Å². The summed E-state index contributed by atoms with van der Waals surface area (Å²) in [6.07, 6.45) is 1.59. The van der Waals surface area contributed by atoms with Gasteiger partial charge in [0, 0.05) is 7.05 Å². The summed E-state index contributed by atoms with van der Waals surface area (Å²) >= 11 is 0. The van der Waals surface area contributed by atoms with E-state index < -0.39 is 18.0 Å². The molecule has 0 aliphatic heterocycles. The molecule has 0 aromatic carbocycles. The number of carboxylic acid groups (broad SMARTS) is 1. The lowest BCUT2D eigenvalue weighted by Crippen LogP contribution is -2.42. The van der Waals surface area contributed by atoms with Gasteiger partial charge in [0.2, 0.25) is 5.95 Å². The van der Waals surface area contributed by atoms with Crippen LogP contribution in [0, 0.1) is 0 Å². The van der Waals surface area contributed by atoms with Crippen LogP contribution in [-0.2, 0) is 11.8 Å². The van der Waals surface area contributed by atoms with Crippen LogP contribution in [0.1, 0.15) is 13.3 Å². The molecule has 1 aromatic heterocycles. The molecule has 1 rings (SSSR count). The van der Waals surface area contributed by atoms with Crippen molar-refractivity contribution in [2.45, 2.75) is 19.4 Å². The van der Waals surface area contributed by atoms with Gasteiger partial charge in [-0.1, -0.05) is 6.92 Å². The van der Waals surface area contributed by atoms with Crippen LogP contribution in [0.5, 0.6) is 0 Å². The zero-order valence-corrected chi connectivity index (χ0v) is 8.97. The Morgan fingerprint density at radius 3 is 2.75 bits per heavy atom. The smallest absolute Gasteiger partial charge is 0.326 e. The molecule has 8 heteroatoms. The van der Waals surface area contributed by atoms with Crippen LogP contribution in [0.15, 0.2) is 6.33 Å². The van der Waals surface area contributed by atoms with Gasteiger partial charge in [-0.2, -0.15) is 10.1 Å². The SMILES string of the molecule is CC[C@@H](NC(=O)Nc1ncnn1C)C(=O)O. The monoisotopic (exact) mass is 227 g/mol. The van der Waals surface area contributed by atoms with Crippen molar-refractivity contribution in [2.24, 2.45) is 7.05 Å². The second kappa shape index (κ2) is 5.10. The Balaban J connectivity index is 2.54. The lowest BCUT2D eigenvalue weighted by atomic mass is 10.2. The van der Waals surface area contributed by atoms with Crippen molar-refractivity contribution in [1.29, 1.82) is 0 Å². The van der Waals surface area contributed by atoms with Gasteiger partial charge in [-0.15, -0.1) is 0 Å². The molecule has 0 saturated carbocycles. The maximum atomic E-state index is 11.4. The number of carbonyl (C=O) groups is 2. The molecule has 88 valence electrons. The summed E-state index contributed by atoms with van der Waals surface area (Å²) in [5.74, 6) is -0.826. The quantitative estimate of drug-likeness (QED) is 0.660. The molecule has 0 fully saturated rings. The van der Waals surface area contributed by atoms with E-state index in [0.29, 0.717) is 6.42 Å². The number of rotatable bonds is 4. The van der Waals surface area contributed by atoms with Gasteiger partial charge in [-0.05, 0) is 6.42 Å². The Hall–Kier alpha value is -2.12. The minimum atomic E-state index is -1.07. The molecule has 0 aliphatic carbocycles. The molecular weight excluding hydrogens is 214 g/mol. The van der Waals surface area contributed by atoms with Crippen molar-refractivity contribution in [3.05, 3.63) is 6.33 Å². The first kappa shape index (κ1) is 12.0. The second-order valence-corrected chi connectivity index (χ2v) is 3.10. The summed E-state index contributed by atoms with van der Waals surface area (Å²) in [7, 11) is 1.61. The average Bonchev–Trinajstić information content (AvgIpc) is 2.60. The molecule has 8 nitrogen and oxygen atoms in total. The summed E-state index contributed by atoms with van der Waals surface area (Å²) in [6.45, 7) is 1.67. The number of amides is 2. The lowest BCUT2D eigenvalue weighted by Gasteiger charge is -2.12. The zero-order chi connectivity index (χ0) is 12.1. The highest BCUT2D eigenvalue weighted by Gasteiger charge is 2.18. The van der Waals surface area contributed by atoms with Gasteiger partial charge in [-0.25, -0.2) is 14.3 Å². The predicted molar refractivity (Wildman–Crippen MR) is 54.9 cm³/mol. The molecule has 2 amide bonds. The summed E-state index contributed by atoms with van der Waals surface area (Å²) in [4.78, 5) is 25.8. The summed E-state index contributed by atoms with van der Waals surface area (Å²) < 4.78 is 1.36. The molecular formula is C8H13N5O3. The fraction of sp³-hybridized carbons (Fsp3) is 0.500. The van der Waals surface area contributed by atoms with Gasteiger partial charge in [0.15, 0.2) is 0 Å². The Kier molecular flexibility index (Phi) is 3.81. The van der Waals surface area contributed by atoms with E-state index in [1.807, 2.05) is 0 Å². The van der Waals surface area contributed by atoms with Gasteiger partial charge in [0.1, 0.15) is 12.4 Å². The normalized spacial score (nSPS) is 11.9. The number of hydrogen-bond donors (Lipinski definition) is 3. The van der Waals surface area contributed by atoms with Gasteiger partial charge in [0.05, 0.1) is 0 Å². The highest BCUT2D eigenvalue weighted by atomic mass is 16.4. The minimum Gasteiger partial charge on any atom is -0.480 e. The first-order chi connectivity index (χ1) is 7.54. The highest BCUT2D eigenvalue weighted by Crippen LogP contribution is 1.98. The number of hydrogen-bond acceptors (Lipinski definition) is 4. The highest BCUT2D eigenvalue weighted by molar-refractivity contribution is 5.90. The topological polar surface area (TPSA) is 109 Å². The summed E-state index contributed by atoms with van der Waals surface area (Å²) in [5, 5.41) is 17.2. The molecule has 0 spiro atoms. The van der Waals surface area contributed by atoms with Crippen LogP contribution in [0.3, 0.4) is 0 Å². The fourth-order valence-electron chi connectivity index (χ4n) is 1.04. The van der Waals surface area contributed by atoms with Gasteiger partial charge >= 0.3 is 12.0 Å². The fourth-order valence-corrected chi connectivity index (χ4v) is 1.04. The lowest BCUT2D eigenvalue weighted by molar-refractivity contribution is -0.139. The Morgan fingerprint density at radius 2 is 2.31 bits per heavy atom. The van der Waals surface area contributed by atoms with Crippen molar-refractivity contribution < 1.29 is 14.7 Å². The van der Waals surface area contributed by atoms with E-state index in [9.17, 15) is 9.59 Å². The number of carboxylic acids is 1. The van der Waals surface area contributed by atoms with Crippen LogP contribution in [0.2, 0.25) is 0 Å². The molecule has 1 atom stereocenters. The molecule has 0 radical (unpaired) electrons. The second-order valence-electron chi connectivity index (χ2n) is 3.10. The largest absolute Gasteiger partial charge is 0.480 e. The van der Waals surface area contributed by atoms with E-state index in [1.54, 1.807) is 14.0 Å². The van der Waals surface area contributed by atoms with Crippen molar-refractivity contribution in [3.8, 4) is 0 Å². The summed E-state index contributed by atoms with van der Waals surface area (Å²) in [5.41, 5.74) is 0. The molecule has 1 heterocycles. The number of urea groups is 1. The standard InChI is InChI=1S/C8H13N5O3/c1-3-5(6(14)15)11-8(16)12-7-9-4-10-13(7)2/h4-5H,3H2,1-2H3,(H,14,15)(H2,9,10,11,12,16)/t5-/m1/s1. The average molecular weight is 227 g/mol. The third-order valence-electron chi connectivity index (χ3n) is 1.95.